The van der Waals surface area contributed by atoms with Crippen molar-refractivity contribution in [3.05, 3.63) is 70.0 Å². The first-order chi connectivity index (χ1) is 12.6. The van der Waals surface area contributed by atoms with E-state index < -0.39 is 29.2 Å². The molecule has 1 aromatic carbocycles. The Morgan fingerprint density at radius 2 is 1.78 bits per heavy atom. The number of hydrazone groups is 1. The van der Waals surface area contributed by atoms with Crippen molar-refractivity contribution in [1.82, 2.24) is 9.99 Å². The van der Waals surface area contributed by atoms with Crippen molar-refractivity contribution in [3.63, 3.8) is 0 Å². The quantitative estimate of drug-likeness (QED) is 0.650. The fourth-order valence-corrected chi connectivity index (χ4v) is 2.53. The molecule has 1 atom stereocenters. The monoisotopic (exact) mass is 380 g/mol. The molecule has 1 N–H and O–H groups in total. The van der Waals surface area contributed by atoms with Crippen molar-refractivity contribution in [3.8, 4) is 0 Å². The number of hydrogen-bond acceptors (Lipinski definition) is 6. The molecule has 0 unspecified atom stereocenters. The lowest BCUT2D eigenvalue weighted by molar-refractivity contribution is -0.384. The van der Waals surface area contributed by atoms with E-state index in [0.29, 0.717) is 0 Å². The third-order valence-corrected chi connectivity index (χ3v) is 3.97. The standard InChI is InChI=1S/C16H11F3N4O4/c17-16(18,19)15(25)9-13(10-5-7-20-8-6-10)21-22(15)14(24)11-1-3-12(4-2-11)23(26)27/h1-8,25H,9H2/t15-/m0/s1. The zero-order valence-corrected chi connectivity index (χ0v) is 13.4. The molecule has 1 aliphatic heterocycles. The molecule has 3 rings (SSSR count). The summed E-state index contributed by atoms with van der Waals surface area (Å²) >= 11 is 0. The van der Waals surface area contributed by atoms with Gasteiger partial charge in [0.25, 0.3) is 17.3 Å². The lowest BCUT2D eigenvalue weighted by Crippen LogP contribution is -2.56. The van der Waals surface area contributed by atoms with Gasteiger partial charge in [-0.25, -0.2) is 0 Å². The van der Waals surface area contributed by atoms with Gasteiger partial charge in [-0.05, 0) is 24.3 Å². The Hall–Kier alpha value is -3.34. The second-order valence-corrected chi connectivity index (χ2v) is 5.69. The molecular weight excluding hydrogens is 369 g/mol. The Kier molecular flexibility index (Phi) is 4.39. The average Bonchev–Trinajstić information content (AvgIpc) is 3.01. The van der Waals surface area contributed by atoms with Crippen LogP contribution in [0, 0.1) is 10.1 Å². The highest BCUT2D eigenvalue weighted by molar-refractivity contribution is 6.05. The van der Waals surface area contributed by atoms with Gasteiger partial charge < -0.3 is 5.11 Å². The fraction of sp³-hybridized carbons (Fsp3) is 0.188. The Morgan fingerprint density at radius 1 is 1.19 bits per heavy atom. The number of rotatable bonds is 3. The van der Waals surface area contributed by atoms with E-state index in [9.17, 15) is 33.2 Å². The summed E-state index contributed by atoms with van der Waals surface area (Å²) in [6, 6.07) is 6.74. The molecule has 0 radical (unpaired) electrons. The number of alkyl halides is 3. The number of non-ortho nitro benzene ring substituents is 1. The van der Waals surface area contributed by atoms with Crippen LogP contribution in [-0.4, -0.2) is 43.5 Å². The summed E-state index contributed by atoms with van der Waals surface area (Å²) in [6.45, 7) is 0. The summed E-state index contributed by atoms with van der Waals surface area (Å²) < 4.78 is 40.5. The number of aromatic nitrogens is 1. The van der Waals surface area contributed by atoms with Crippen LogP contribution in [0.2, 0.25) is 0 Å². The van der Waals surface area contributed by atoms with Gasteiger partial charge in [0.05, 0.1) is 17.1 Å². The van der Waals surface area contributed by atoms with Gasteiger partial charge in [0.1, 0.15) is 0 Å². The van der Waals surface area contributed by atoms with E-state index in [4.69, 9.17) is 0 Å². The van der Waals surface area contributed by atoms with Gasteiger partial charge in [-0.2, -0.15) is 23.3 Å². The second kappa shape index (κ2) is 6.43. The minimum Gasteiger partial charge on any atom is -0.362 e. The van der Waals surface area contributed by atoms with E-state index in [0.717, 1.165) is 24.3 Å². The maximum Gasteiger partial charge on any atom is 0.438 e. The first-order valence-electron chi connectivity index (χ1n) is 7.49. The lowest BCUT2D eigenvalue weighted by Gasteiger charge is -2.32. The van der Waals surface area contributed by atoms with Gasteiger partial charge in [0, 0.05) is 35.7 Å². The third kappa shape index (κ3) is 3.24. The molecule has 1 amide bonds. The number of pyridine rings is 1. The number of aliphatic hydroxyl groups is 1. The Morgan fingerprint density at radius 3 is 2.30 bits per heavy atom. The minimum absolute atomic E-state index is 0.0378. The van der Waals surface area contributed by atoms with Gasteiger partial charge in [0.15, 0.2) is 0 Å². The summed E-state index contributed by atoms with van der Waals surface area (Å²) in [4.78, 5) is 26.2. The smallest absolute Gasteiger partial charge is 0.362 e. The molecule has 0 spiro atoms. The molecule has 1 aromatic heterocycles. The molecule has 1 aliphatic rings. The third-order valence-electron chi connectivity index (χ3n) is 3.97. The molecule has 0 fully saturated rings. The predicted octanol–water partition coefficient (Wildman–Crippen LogP) is 2.49. The molecule has 0 aliphatic carbocycles. The van der Waals surface area contributed by atoms with E-state index in [2.05, 4.69) is 10.1 Å². The number of amides is 1. The number of carbonyl (C=O) groups is 1. The first kappa shape index (κ1) is 18.5. The highest BCUT2D eigenvalue weighted by Crippen LogP contribution is 2.42. The van der Waals surface area contributed by atoms with E-state index >= 15 is 0 Å². The van der Waals surface area contributed by atoms with Gasteiger partial charge in [-0.15, -0.1) is 0 Å². The molecule has 0 saturated carbocycles. The van der Waals surface area contributed by atoms with Crippen molar-refractivity contribution < 1.29 is 28.0 Å². The van der Waals surface area contributed by atoms with Crippen LogP contribution in [0.1, 0.15) is 22.3 Å². The molecule has 8 nitrogen and oxygen atoms in total. The van der Waals surface area contributed by atoms with Crippen LogP contribution in [0.4, 0.5) is 18.9 Å². The molecular formula is C16H11F3N4O4. The van der Waals surface area contributed by atoms with Crippen molar-refractivity contribution in [2.45, 2.75) is 18.3 Å². The summed E-state index contributed by atoms with van der Waals surface area (Å²) in [5.41, 5.74) is -4.04. The number of benzene rings is 1. The van der Waals surface area contributed by atoms with Crippen LogP contribution in [0.3, 0.4) is 0 Å². The van der Waals surface area contributed by atoms with Gasteiger partial charge in [-0.1, -0.05) is 0 Å². The maximum absolute atomic E-state index is 13.5. The van der Waals surface area contributed by atoms with Crippen LogP contribution in [0.15, 0.2) is 53.9 Å². The van der Waals surface area contributed by atoms with E-state index in [1.165, 1.54) is 24.5 Å². The van der Waals surface area contributed by atoms with Crippen molar-refractivity contribution in [2.75, 3.05) is 0 Å². The van der Waals surface area contributed by atoms with E-state index in [1.54, 1.807) is 0 Å². The number of nitro benzene ring substituents is 1. The fourth-order valence-electron chi connectivity index (χ4n) is 2.53. The van der Waals surface area contributed by atoms with Crippen LogP contribution in [-0.2, 0) is 0 Å². The van der Waals surface area contributed by atoms with E-state index in [-0.39, 0.29) is 27.5 Å². The Balaban J connectivity index is 2.01. The van der Waals surface area contributed by atoms with Crippen LogP contribution in [0.5, 0.6) is 0 Å². The largest absolute Gasteiger partial charge is 0.438 e. The topological polar surface area (TPSA) is 109 Å². The van der Waals surface area contributed by atoms with Crippen molar-refractivity contribution in [2.24, 2.45) is 5.10 Å². The van der Waals surface area contributed by atoms with E-state index in [1.807, 2.05) is 0 Å². The number of carbonyl (C=O) groups excluding carboxylic acids is 1. The summed E-state index contributed by atoms with van der Waals surface area (Å²) in [7, 11) is 0. The number of nitrogens with zero attached hydrogens (tertiary/aromatic N) is 4. The Bertz CT molecular complexity index is 916. The van der Waals surface area contributed by atoms with Gasteiger partial charge in [0.2, 0.25) is 0 Å². The molecule has 27 heavy (non-hydrogen) atoms. The predicted molar refractivity (Wildman–Crippen MR) is 85.7 cm³/mol. The van der Waals surface area contributed by atoms with Crippen LogP contribution in [0.25, 0.3) is 0 Å². The van der Waals surface area contributed by atoms with Gasteiger partial charge in [-0.3, -0.25) is 19.9 Å². The SMILES string of the molecule is O=C(c1ccc([N+](=O)[O-])cc1)N1N=C(c2ccncc2)C[C@]1(O)C(F)(F)F. The van der Waals surface area contributed by atoms with Crippen molar-refractivity contribution in [1.29, 1.82) is 0 Å². The summed E-state index contributed by atoms with van der Waals surface area (Å²) in [5.74, 6) is -1.24. The molecule has 0 bridgehead atoms. The number of nitro groups is 1. The number of halogens is 3. The van der Waals surface area contributed by atoms with Crippen LogP contribution < -0.4 is 0 Å². The maximum atomic E-state index is 13.5. The average molecular weight is 380 g/mol. The van der Waals surface area contributed by atoms with Crippen LogP contribution >= 0.6 is 0 Å². The summed E-state index contributed by atoms with van der Waals surface area (Å²) in [5, 5.41) is 24.5. The zero-order chi connectivity index (χ0) is 19.8. The molecule has 2 aromatic rings. The lowest BCUT2D eigenvalue weighted by atomic mass is 10.0. The molecule has 0 saturated heterocycles. The summed E-state index contributed by atoms with van der Waals surface area (Å²) in [6.07, 6.45) is -3.46. The van der Waals surface area contributed by atoms with Gasteiger partial charge >= 0.3 is 6.18 Å². The highest BCUT2D eigenvalue weighted by Gasteiger charge is 2.63. The first-order valence-corrected chi connectivity index (χ1v) is 7.49. The van der Waals surface area contributed by atoms with Crippen molar-refractivity contribution >= 4 is 17.3 Å². The molecule has 2 heterocycles. The Labute approximate surface area is 149 Å². The zero-order valence-electron chi connectivity index (χ0n) is 13.4. The minimum atomic E-state index is -5.18. The number of hydrogen-bond donors (Lipinski definition) is 1. The normalized spacial score (nSPS) is 19.7. The second-order valence-electron chi connectivity index (χ2n) is 5.69. The molecule has 140 valence electrons. The molecule has 11 heteroatoms. The highest BCUT2D eigenvalue weighted by atomic mass is 19.4.